The summed E-state index contributed by atoms with van der Waals surface area (Å²) < 4.78 is 1.69. The summed E-state index contributed by atoms with van der Waals surface area (Å²) >= 11 is 6.49. The fraction of sp³-hybridized carbons (Fsp3) is 0.381. The van der Waals surface area contributed by atoms with Crippen molar-refractivity contribution in [1.29, 1.82) is 5.26 Å². The quantitative estimate of drug-likeness (QED) is 0.620. The van der Waals surface area contributed by atoms with Crippen LogP contribution in [-0.2, 0) is 11.3 Å². The molecule has 2 aromatic rings. The fourth-order valence-corrected chi connectivity index (χ4v) is 3.68. The van der Waals surface area contributed by atoms with Crippen LogP contribution in [0.25, 0.3) is 6.08 Å². The average molecular weight is 383 g/mol. The van der Waals surface area contributed by atoms with Crippen molar-refractivity contribution >= 4 is 23.6 Å². The largest absolute Gasteiger partial charge is 0.349 e. The van der Waals surface area contributed by atoms with Crippen molar-refractivity contribution in [3.05, 3.63) is 57.9 Å². The van der Waals surface area contributed by atoms with Crippen LogP contribution in [0.3, 0.4) is 0 Å². The molecule has 1 heterocycles. The molecular formula is C21H23ClN4O. The normalized spacial score (nSPS) is 15.4. The van der Waals surface area contributed by atoms with E-state index >= 15 is 0 Å². The summed E-state index contributed by atoms with van der Waals surface area (Å²) in [5.41, 5.74) is 2.44. The van der Waals surface area contributed by atoms with Crippen LogP contribution in [0.1, 0.15) is 48.9 Å². The number of nitrogens with zero attached hydrogens (tertiary/aromatic N) is 3. The molecule has 0 radical (unpaired) electrons. The summed E-state index contributed by atoms with van der Waals surface area (Å²) in [6.45, 7) is 2.36. The first-order valence-electron chi connectivity index (χ1n) is 9.28. The van der Waals surface area contributed by atoms with Gasteiger partial charge in [-0.05, 0) is 31.4 Å². The third kappa shape index (κ3) is 4.78. The molecule has 140 valence electrons. The first kappa shape index (κ1) is 19.2. The van der Waals surface area contributed by atoms with Gasteiger partial charge in [0.2, 0.25) is 0 Å². The van der Waals surface area contributed by atoms with Crippen molar-refractivity contribution in [1.82, 2.24) is 15.1 Å². The summed E-state index contributed by atoms with van der Waals surface area (Å²) in [5, 5.41) is 17.3. The highest BCUT2D eigenvalue weighted by atomic mass is 35.5. The maximum Gasteiger partial charge on any atom is 0.262 e. The van der Waals surface area contributed by atoms with Crippen LogP contribution in [0, 0.1) is 18.3 Å². The highest BCUT2D eigenvalue weighted by molar-refractivity contribution is 6.31. The minimum absolute atomic E-state index is 0.0600. The van der Waals surface area contributed by atoms with Crippen LogP contribution in [-0.4, -0.2) is 21.7 Å². The van der Waals surface area contributed by atoms with Gasteiger partial charge in [0.15, 0.2) is 0 Å². The first-order chi connectivity index (χ1) is 13.1. The molecule has 3 rings (SSSR count). The van der Waals surface area contributed by atoms with Gasteiger partial charge in [0.25, 0.3) is 5.91 Å². The molecule has 0 aliphatic heterocycles. The molecule has 1 saturated carbocycles. The molecule has 0 bridgehead atoms. The van der Waals surface area contributed by atoms with Crippen LogP contribution in [0.5, 0.6) is 0 Å². The molecule has 1 fully saturated rings. The number of nitrogens with one attached hydrogen (secondary N) is 1. The molecule has 0 saturated heterocycles. The van der Waals surface area contributed by atoms with Gasteiger partial charge in [-0.2, -0.15) is 10.4 Å². The Hall–Kier alpha value is -2.58. The molecule has 5 nitrogen and oxygen atoms in total. The molecule has 27 heavy (non-hydrogen) atoms. The monoisotopic (exact) mass is 382 g/mol. The molecule has 0 spiro atoms. The third-order valence-corrected chi connectivity index (χ3v) is 5.28. The summed E-state index contributed by atoms with van der Waals surface area (Å²) in [7, 11) is 0. The molecule has 0 unspecified atom stereocenters. The zero-order valence-electron chi connectivity index (χ0n) is 15.4. The maximum atomic E-state index is 12.5. The van der Waals surface area contributed by atoms with Crippen LogP contribution in [0.15, 0.2) is 35.9 Å². The van der Waals surface area contributed by atoms with E-state index in [-0.39, 0.29) is 17.5 Å². The number of benzene rings is 1. The van der Waals surface area contributed by atoms with Gasteiger partial charge in [-0.25, -0.2) is 4.68 Å². The SMILES string of the molecule is Cc1nn(Cc2ccccc2)c(Cl)c1/C=C(\C#N)C(=O)NC1CCCCC1. The lowest BCUT2D eigenvalue weighted by molar-refractivity contribution is -0.117. The highest BCUT2D eigenvalue weighted by Gasteiger charge is 2.20. The van der Waals surface area contributed by atoms with Gasteiger partial charge in [0.05, 0.1) is 12.2 Å². The zero-order chi connectivity index (χ0) is 19.2. The van der Waals surface area contributed by atoms with E-state index in [9.17, 15) is 10.1 Å². The van der Waals surface area contributed by atoms with Crippen molar-refractivity contribution in [3.8, 4) is 6.07 Å². The Balaban J connectivity index is 1.79. The van der Waals surface area contributed by atoms with E-state index in [0.29, 0.717) is 23.0 Å². The molecule has 1 amide bonds. The Morgan fingerprint density at radius 3 is 2.70 bits per heavy atom. The Labute approximate surface area is 164 Å². The number of hydrogen-bond donors (Lipinski definition) is 1. The van der Waals surface area contributed by atoms with Crippen molar-refractivity contribution in [3.63, 3.8) is 0 Å². The molecule has 6 heteroatoms. The smallest absolute Gasteiger partial charge is 0.262 e. The lowest BCUT2D eigenvalue weighted by Crippen LogP contribution is -2.36. The zero-order valence-corrected chi connectivity index (χ0v) is 16.2. The minimum atomic E-state index is -0.337. The van der Waals surface area contributed by atoms with Crippen LogP contribution < -0.4 is 5.32 Å². The number of nitriles is 1. The number of carbonyl (C=O) groups excluding carboxylic acids is 1. The van der Waals surface area contributed by atoms with Gasteiger partial charge in [-0.1, -0.05) is 61.2 Å². The molecule has 1 aromatic heterocycles. The average Bonchev–Trinajstić information content (AvgIpc) is 2.94. The van der Waals surface area contributed by atoms with E-state index in [1.165, 1.54) is 6.42 Å². The third-order valence-electron chi connectivity index (χ3n) is 4.88. The van der Waals surface area contributed by atoms with Gasteiger partial charge in [0.1, 0.15) is 16.8 Å². The van der Waals surface area contributed by atoms with Gasteiger partial charge in [-0.3, -0.25) is 4.79 Å². The first-order valence-corrected chi connectivity index (χ1v) is 9.65. The topological polar surface area (TPSA) is 70.7 Å². The van der Waals surface area contributed by atoms with Crippen molar-refractivity contribution in [2.75, 3.05) is 0 Å². The predicted octanol–water partition coefficient (Wildman–Crippen LogP) is 4.25. The van der Waals surface area contributed by atoms with Gasteiger partial charge in [-0.15, -0.1) is 0 Å². The number of carbonyl (C=O) groups is 1. The van der Waals surface area contributed by atoms with Crippen LogP contribution in [0.2, 0.25) is 5.15 Å². The van der Waals surface area contributed by atoms with Gasteiger partial charge in [0, 0.05) is 11.6 Å². The Morgan fingerprint density at radius 1 is 1.33 bits per heavy atom. The Kier molecular flexibility index (Phi) is 6.31. The van der Waals surface area contributed by atoms with Gasteiger partial charge < -0.3 is 5.32 Å². The van der Waals surface area contributed by atoms with E-state index in [2.05, 4.69) is 10.4 Å². The Bertz CT molecular complexity index is 874. The van der Waals surface area contributed by atoms with Crippen molar-refractivity contribution < 1.29 is 4.79 Å². The number of hydrogen-bond acceptors (Lipinski definition) is 3. The number of aryl methyl sites for hydroxylation is 1. The lowest BCUT2D eigenvalue weighted by atomic mass is 9.95. The van der Waals surface area contributed by atoms with Crippen LogP contribution in [0.4, 0.5) is 0 Å². The van der Waals surface area contributed by atoms with E-state index < -0.39 is 0 Å². The van der Waals surface area contributed by atoms with Crippen LogP contribution >= 0.6 is 11.6 Å². The molecule has 1 aliphatic rings. The van der Waals surface area contributed by atoms with Crippen molar-refractivity contribution in [2.24, 2.45) is 0 Å². The number of aromatic nitrogens is 2. The summed E-state index contributed by atoms with van der Waals surface area (Å²) in [5.74, 6) is -0.337. The van der Waals surface area contributed by atoms with E-state index in [1.807, 2.05) is 43.3 Å². The van der Waals surface area contributed by atoms with Crippen molar-refractivity contribution in [2.45, 2.75) is 51.6 Å². The standard InChI is InChI=1S/C21H23ClN4O/c1-15-19(20(22)26(25-15)14-16-8-4-2-5-9-16)12-17(13-23)21(27)24-18-10-6-3-7-11-18/h2,4-5,8-9,12,18H,3,6-7,10-11,14H2,1H3,(H,24,27)/b17-12+. The second-order valence-corrected chi connectivity index (χ2v) is 7.27. The number of halogens is 1. The second kappa shape index (κ2) is 8.88. The van der Waals surface area contributed by atoms with Gasteiger partial charge >= 0.3 is 0 Å². The maximum absolute atomic E-state index is 12.5. The molecule has 0 atom stereocenters. The van der Waals surface area contributed by atoms with E-state index in [4.69, 9.17) is 11.6 Å². The lowest BCUT2D eigenvalue weighted by Gasteiger charge is -2.22. The second-order valence-electron chi connectivity index (χ2n) is 6.91. The number of rotatable bonds is 5. The highest BCUT2D eigenvalue weighted by Crippen LogP contribution is 2.24. The molecule has 1 aliphatic carbocycles. The molecule has 1 N–H and O–H groups in total. The Morgan fingerprint density at radius 2 is 2.04 bits per heavy atom. The van der Waals surface area contributed by atoms with E-state index in [0.717, 1.165) is 31.2 Å². The molecular weight excluding hydrogens is 360 g/mol. The fourth-order valence-electron chi connectivity index (χ4n) is 3.40. The summed E-state index contributed by atoms with van der Waals surface area (Å²) in [6, 6.07) is 12.0. The molecule has 1 aromatic carbocycles. The minimum Gasteiger partial charge on any atom is -0.349 e. The summed E-state index contributed by atoms with van der Waals surface area (Å²) in [4.78, 5) is 12.5. The number of amides is 1. The predicted molar refractivity (Wildman–Crippen MR) is 106 cm³/mol. The van der Waals surface area contributed by atoms with E-state index in [1.54, 1.807) is 10.8 Å². The summed E-state index contributed by atoms with van der Waals surface area (Å²) in [6.07, 6.45) is 6.94.